The van der Waals surface area contributed by atoms with Gasteiger partial charge >= 0.3 is 6.03 Å². The number of aromatic nitrogens is 1. The van der Waals surface area contributed by atoms with Crippen LogP contribution in [0.3, 0.4) is 0 Å². The number of fused-ring (bicyclic) bond motifs is 2. The van der Waals surface area contributed by atoms with E-state index in [2.05, 4.69) is 27.5 Å². The molecule has 1 aromatic carbocycles. The number of nitrogens with zero attached hydrogens (tertiary/aromatic N) is 4. The van der Waals surface area contributed by atoms with Crippen LogP contribution < -0.4 is 20.3 Å². The number of hydrogen-bond donors (Lipinski definition) is 2. The molecule has 3 aromatic rings. The van der Waals surface area contributed by atoms with E-state index in [-0.39, 0.29) is 30.2 Å². The zero-order chi connectivity index (χ0) is 26.6. The first-order valence-electron chi connectivity index (χ1n) is 12.4. The Bertz CT molecular complexity index is 1470. The van der Waals surface area contributed by atoms with Crippen molar-refractivity contribution in [2.24, 2.45) is 0 Å². The molecule has 198 valence electrons. The number of likely N-dealkylation sites (N-methyl/N-ethyl adjacent to an activating group) is 1. The molecule has 0 spiro atoms. The Labute approximate surface area is 217 Å². The summed E-state index contributed by atoms with van der Waals surface area (Å²) in [6.07, 6.45) is 1.01. The van der Waals surface area contributed by atoms with Crippen molar-refractivity contribution < 1.29 is 27.9 Å². The van der Waals surface area contributed by atoms with Gasteiger partial charge in [-0.05, 0) is 43.8 Å². The van der Waals surface area contributed by atoms with Gasteiger partial charge in [0.15, 0.2) is 22.7 Å². The van der Waals surface area contributed by atoms with Crippen molar-refractivity contribution in [3.05, 3.63) is 53.0 Å². The van der Waals surface area contributed by atoms with Gasteiger partial charge in [0.05, 0.1) is 19.2 Å². The second-order valence-corrected chi connectivity index (χ2v) is 9.90. The van der Waals surface area contributed by atoms with Gasteiger partial charge in [-0.3, -0.25) is 14.9 Å². The summed E-state index contributed by atoms with van der Waals surface area (Å²) in [5, 5.41) is 4.90. The summed E-state index contributed by atoms with van der Waals surface area (Å²) in [7, 11) is 3.42. The highest BCUT2D eigenvalue weighted by Gasteiger charge is 2.53. The van der Waals surface area contributed by atoms with Crippen molar-refractivity contribution >= 4 is 34.8 Å². The normalized spacial score (nSPS) is 22.0. The Morgan fingerprint density at radius 2 is 1.97 bits per heavy atom. The summed E-state index contributed by atoms with van der Waals surface area (Å²) in [6.45, 7) is 3.44. The summed E-state index contributed by atoms with van der Waals surface area (Å²) < 4.78 is 25.9. The number of rotatable bonds is 5. The predicted molar refractivity (Wildman–Crippen MR) is 134 cm³/mol. The van der Waals surface area contributed by atoms with Crippen molar-refractivity contribution in [3.63, 3.8) is 0 Å². The number of hydrogen-bond acceptors (Lipinski definition) is 8. The van der Waals surface area contributed by atoms with Crippen LogP contribution in [0.4, 0.5) is 15.0 Å². The van der Waals surface area contributed by atoms with E-state index in [1.807, 2.05) is 6.07 Å². The Hall–Kier alpha value is -4.19. The van der Waals surface area contributed by atoms with Crippen LogP contribution in [0.2, 0.25) is 0 Å². The maximum atomic E-state index is 14.9. The van der Waals surface area contributed by atoms with Gasteiger partial charge in [0.25, 0.3) is 11.8 Å². The number of pyridine rings is 1. The van der Waals surface area contributed by atoms with E-state index in [1.54, 1.807) is 18.2 Å². The minimum Gasteiger partial charge on any atom is -0.494 e. The van der Waals surface area contributed by atoms with Crippen LogP contribution in [0.1, 0.15) is 28.1 Å². The molecule has 2 fully saturated rings. The molecule has 2 aromatic heterocycles. The number of amides is 4. The molecule has 4 amide bonds. The Balaban J connectivity index is 1.34. The van der Waals surface area contributed by atoms with Gasteiger partial charge in [-0.1, -0.05) is 6.07 Å². The zero-order valence-corrected chi connectivity index (χ0v) is 21.0. The highest BCUT2D eigenvalue weighted by molar-refractivity contribution is 6.08. The Kier molecular flexibility index (Phi) is 5.71. The van der Waals surface area contributed by atoms with E-state index in [0.29, 0.717) is 16.7 Å². The highest BCUT2D eigenvalue weighted by Crippen LogP contribution is 2.36. The van der Waals surface area contributed by atoms with Gasteiger partial charge in [0.2, 0.25) is 0 Å². The maximum absolute atomic E-state index is 14.9. The minimum absolute atomic E-state index is 0.0456. The minimum atomic E-state index is -1.71. The molecule has 2 N–H and O–H groups in total. The fraction of sp³-hybridized carbons (Fsp3) is 0.385. The molecule has 6 rings (SSSR count). The highest BCUT2D eigenvalue weighted by atomic mass is 19.1. The SMILES string of the molecule is COc1ccc2c(c1F)C(=O)N(C[C@@]1(c3cc4nc(N5CCCN(C)CC5)ccc4o3)NC(=O)NC1=O)C2. The summed E-state index contributed by atoms with van der Waals surface area (Å²) >= 11 is 0. The number of anilines is 1. The monoisotopic (exact) mass is 522 g/mol. The van der Waals surface area contributed by atoms with Crippen LogP contribution in [-0.4, -0.2) is 79.5 Å². The molecule has 5 heterocycles. The zero-order valence-electron chi connectivity index (χ0n) is 21.0. The molecular formula is C26H27FN6O5. The lowest BCUT2D eigenvalue weighted by Crippen LogP contribution is -2.52. The van der Waals surface area contributed by atoms with E-state index < -0.39 is 29.2 Å². The molecular weight excluding hydrogens is 495 g/mol. The fourth-order valence-corrected chi connectivity index (χ4v) is 5.40. The van der Waals surface area contributed by atoms with Crippen LogP contribution in [0.5, 0.6) is 5.75 Å². The molecule has 0 saturated carbocycles. The third-order valence-corrected chi connectivity index (χ3v) is 7.47. The summed E-state index contributed by atoms with van der Waals surface area (Å²) in [5.74, 6) is -1.14. The number of methoxy groups -OCH3 is 1. The van der Waals surface area contributed by atoms with E-state index in [0.717, 1.165) is 38.4 Å². The second kappa shape index (κ2) is 8.98. The first kappa shape index (κ1) is 24.2. The van der Waals surface area contributed by atoms with Gasteiger partial charge in [0.1, 0.15) is 17.1 Å². The van der Waals surface area contributed by atoms with Gasteiger partial charge in [-0.25, -0.2) is 14.2 Å². The van der Waals surface area contributed by atoms with E-state index in [9.17, 15) is 18.8 Å². The van der Waals surface area contributed by atoms with Crippen LogP contribution >= 0.6 is 0 Å². The van der Waals surface area contributed by atoms with Crippen LogP contribution in [0.25, 0.3) is 11.1 Å². The summed E-state index contributed by atoms with van der Waals surface area (Å²) in [5.41, 5.74) is -0.386. The largest absolute Gasteiger partial charge is 0.494 e. The number of ether oxygens (including phenoxy) is 1. The van der Waals surface area contributed by atoms with Crippen molar-refractivity contribution in [1.82, 2.24) is 25.4 Å². The van der Waals surface area contributed by atoms with Crippen LogP contribution in [0, 0.1) is 5.82 Å². The van der Waals surface area contributed by atoms with Gasteiger partial charge in [-0.15, -0.1) is 0 Å². The molecule has 38 heavy (non-hydrogen) atoms. The van der Waals surface area contributed by atoms with Crippen molar-refractivity contribution in [2.45, 2.75) is 18.5 Å². The number of nitrogens with one attached hydrogen (secondary N) is 2. The molecule has 3 aliphatic heterocycles. The van der Waals surface area contributed by atoms with Gasteiger partial charge < -0.3 is 29.2 Å². The van der Waals surface area contributed by atoms with E-state index >= 15 is 0 Å². The van der Waals surface area contributed by atoms with E-state index in [4.69, 9.17) is 14.1 Å². The number of halogens is 1. The molecule has 0 bridgehead atoms. The lowest BCUT2D eigenvalue weighted by Gasteiger charge is -2.28. The third kappa shape index (κ3) is 3.83. The van der Waals surface area contributed by atoms with Crippen molar-refractivity contribution in [3.8, 4) is 5.75 Å². The lowest BCUT2D eigenvalue weighted by molar-refractivity contribution is -0.125. The van der Waals surface area contributed by atoms with Crippen LogP contribution in [0.15, 0.2) is 34.7 Å². The first-order chi connectivity index (χ1) is 18.3. The summed E-state index contributed by atoms with van der Waals surface area (Å²) in [4.78, 5) is 49.3. The molecule has 3 aliphatic rings. The average Bonchev–Trinajstić information content (AvgIpc) is 3.49. The quantitative estimate of drug-likeness (QED) is 0.487. The number of carbonyl (C=O) groups is 3. The molecule has 0 unspecified atom stereocenters. The maximum Gasteiger partial charge on any atom is 0.322 e. The van der Waals surface area contributed by atoms with Gasteiger partial charge in [0, 0.05) is 32.2 Å². The summed E-state index contributed by atoms with van der Waals surface area (Å²) in [6, 6.07) is 7.63. The Morgan fingerprint density at radius 1 is 1.13 bits per heavy atom. The van der Waals surface area contributed by atoms with Crippen molar-refractivity contribution in [2.75, 3.05) is 51.8 Å². The predicted octanol–water partition coefficient (Wildman–Crippen LogP) is 1.81. The Morgan fingerprint density at radius 3 is 2.74 bits per heavy atom. The topological polar surface area (TPSA) is 120 Å². The molecule has 1 atom stereocenters. The van der Waals surface area contributed by atoms with Crippen molar-refractivity contribution in [1.29, 1.82) is 0 Å². The molecule has 0 radical (unpaired) electrons. The number of urea groups is 1. The number of furan rings is 1. The van der Waals surface area contributed by atoms with E-state index in [1.165, 1.54) is 18.1 Å². The van der Waals surface area contributed by atoms with Gasteiger partial charge in [-0.2, -0.15) is 0 Å². The molecule has 2 saturated heterocycles. The number of benzene rings is 1. The molecule has 11 nitrogen and oxygen atoms in total. The standard InChI is InChI=1S/C26H27FN6O5/c1-31-8-3-9-32(11-10-31)20-7-6-17-16(28-20)12-19(38-17)26(24(35)29-25(36)30-26)14-33-13-15-4-5-18(37-2)22(27)21(15)23(33)34/h4-7,12H,3,8-11,13-14H2,1-2H3,(H2,29,30,35,36)/t26-/m0/s1. The number of imide groups is 1. The first-order valence-corrected chi connectivity index (χ1v) is 12.4. The lowest BCUT2D eigenvalue weighted by atomic mass is 9.95. The fourth-order valence-electron chi connectivity index (χ4n) is 5.40. The average molecular weight is 523 g/mol. The third-order valence-electron chi connectivity index (χ3n) is 7.47. The molecule has 12 heteroatoms. The number of carbonyl (C=O) groups excluding carboxylic acids is 3. The smallest absolute Gasteiger partial charge is 0.322 e. The second-order valence-electron chi connectivity index (χ2n) is 9.90. The molecule has 0 aliphatic carbocycles. The van der Waals surface area contributed by atoms with Crippen LogP contribution in [-0.2, 0) is 16.9 Å².